The summed E-state index contributed by atoms with van der Waals surface area (Å²) in [6.07, 6.45) is 0. The van der Waals surface area contributed by atoms with Gasteiger partial charge in [-0.15, -0.1) is 0 Å². The van der Waals surface area contributed by atoms with Gasteiger partial charge in [0, 0.05) is 43.0 Å². The Hall–Kier alpha value is -5.51. The third kappa shape index (κ3) is 9.32. The predicted molar refractivity (Wildman–Crippen MR) is 269 cm³/mol. The third-order valence-corrected chi connectivity index (χ3v) is 12.8. The van der Waals surface area contributed by atoms with Crippen molar-refractivity contribution < 1.29 is 35.7 Å². The Labute approximate surface area is 400 Å². The fourth-order valence-electron chi connectivity index (χ4n) is 8.83. The van der Waals surface area contributed by atoms with E-state index in [1.54, 1.807) is 6.07 Å². The number of pyridine rings is 2. The monoisotopic (exact) mass is 1040 g/mol. The number of fused-ring (bicyclic) bond motifs is 3. The van der Waals surface area contributed by atoms with E-state index in [4.69, 9.17) is 14.4 Å². The molecule has 0 spiro atoms. The molecule has 0 saturated heterocycles. The summed E-state index contributed by atoms with van der Waals surface area (Å²) in [5, 5.41) is 25.3. The van der Waals surface area contributed by atoms with Gasteiger partial charge < -0.3 is 14.6 Å². The molecule has 0 radical (unpaired) electrons. The maximum absolute atomic E-state index is 11.8. The first-order valence-electron chi connectivity index (χ1n) is 22.8. The first-order valence-corrected chi connectivity index (χ1v) is 22.8. The zero-order valence-corrected chi connectivity index (χ0v) is 42.8. The molecule has 0 saturated carbocycles. The van der Waals surface area contributed by atoms with E-state index in [1.807, 2.05) is 54.6 Å². The van der Waals surface area contributed by atoms with E-state index in [0.29, 0.717) is 39.5 Å². The van der Waals surface area contributed by atoms with Gasteiger partial charge in [-0.1, -0.05) is 145 Å². The van der Waals surface area contributed by atoms with Crippen molar-refractivity contribution in [3.8, 4) is 67.7 Å². The van der Waals surface area contributed by atoms with E-state index >= 15 is 0 Å². The Morgan fingerprint density at radius 2 is 0.969 bits per heavy atom. The van der Waals surface area contributed by atoms with Crippen LogP contribution >= 0.6 is 0 Å². The maximum Gasteiger partial charge on any atom is 0.136 e. The molecule has 338 valence electrons. The molecule has 5 aromatic carbocycles. The number of para-hydroxylation sites is 1. The summed E-state index contributed by atoms with van der Waals surface area (Å²) in [5.74, 6) is 0.867. The molecule has 0 atom stereocenters. The summed E-state index contributed by atoms with van der Waals surface area (Å²) in [4.78, 5) is 10.5. The summed E-state index contributed by atoms with van der Waals surface area (Å²) in [5.41, 5.74) is 16.8. The quantitative estimate of drug-likeness (QED) is 0.166. The molecule has 3 aromatic heterocycles. The SMILES string of the molecule is Cc1cc(O)c(-c2cccc(-c3cc(-c4cc(C(C)(C)C)cc(C(C)(C)C)c4)cc(-c4cc5oc6ccccc6c5cc4O)n3)n2)cc1-c1c(C(C)C)cc(C(C)(C)C)cc1C(C)C.[Pt]. The summed E-state index contributed by atoms with van der Waals surface area (Å²) >= 11 is 0. The minimum Gasteiger partial charge on any atom is -0.507 e. The Balaban J connectivity index is 0.00000630. The molecular formula is C59H64N2O3Pt. The molecule has 0 aliphatic rings. The Kier molecular flexibility index (Phi) is 12.7. The molecule has 0 aliphatic carbocycles. The van der Waals surface area contributed by atoms with Crippen molar-refractivity contribution in [1.29, 1.82) is 0 Å². The molecule has 0 aliphatic heterocycles. The molecule has 3 heterocycles. The molecule has 5 nitrogen and oxygen atoms in total. The zero-order chi connectivity index (χ0) is 46.2. The van der Waals surface area contributed by atoms with E-state index < -0.39 is 0 Å². The molecule has 8 aromatic rings. The van der Waals surface area contributed by atoms with Crippen LogP contribution in [-0.2, 0) is 37.3 Å². The average molecular weight is 1040 g/mol. The third-order valence-electron chi connectivity index (χ3n) is 12.8. The van der Waals surface area contributed by atoms with Gasteiger partial charge in [-0.3, -0.25) is 0 Å². The van der Waals surface area contributed by atoms with E-state index in [1.165, 1.54) is 33.4 Å². The smallest absolute Gasteiger partial charge is 0.136 e. The van der Waals surface area contributed by atoms with Crippen LogP contribution in [0.1, 0.15) is 135 Å². The van der Waals surface area contributed by atoms with Crippen LogP contribution in [0.2, 0.25) is 0 Å². The average Bonchev–Trinajstić information content (AvgIpc) is 3.59. The van der Waals surface area contributed by atoms with Crippen LogP contribution in [0, 0.1) is 6.92 Å². The van der Waals surface area contributed by atoms with Gasteiger partial charge >= 0.3 is 0 Å². The number of furan rings is 1. The van der Waals surface area contributed by atoms with E-state index in [9.17, 15) is 10.2 Å². The predicted octanol–water partition coefficient (Wildman–Crippen LogP) is 16.6. The Morgan fingerprint density at radius 1 is 0.462 bits per heavy atom. The van der Waals surface area contributed by atoms with Gasteiger partial charge in [-0.2, -0.15) is 0 Å². The molecule has 0 unspecified atom stereocenters. The van der Waals surface area contributed by atoms with Crippen molar-refractivity contribution in [2.75, 3.05) is 0 Å². The minimum absolute atomic E-state index is 0. The van der Waals surface area contributed by atoms with Crippen molar-refractivity contribution in [3.05, 3.63) is 143 Å². The second-order valence-corrected chi connectivity index (χ2v) is 21.6. The summed E-state index contributed by atoms with van der Waals surface area (Å²) in [6.45, 7) is 31.5. The van der Waals surface area contributed by atoms with E-state index in [-0.39, 0.29) is 60.6 Å². The van der Waals surface area contributed by atoms with Crippen molar-refractivity contribution >= 4 is 21.9 Å². The van der Waals surface area contributed by atoms with Gasteiger partial charge in [0.15, 0.2) is 0 Å². The van der Waals surface area contributed by atoms with Crippen LogP contribution in [0.3, 0.4) is 0 Å². The van der Waals surface area contributed by atoms with Gasteiger partial charge in [-0.05, 0) is 145 Å². The summed E-state index contributed by atoms with van der Waals surface area (Å²) in [6, 6.07) is 37.3. The molecule has 0 fully saturated rings. The minimum atomic E-state index is -0.0927. The molecule has 0 bridgehead atoms. The molecule has 2 N–H and O–H groups in total. The normalized spacial score (nSPS) is 12.4. The van der Waals surface area contributed by atoms with Gasteiger partial charge in [0.05, 0.1) is 22.8 Å². The number of aromatic nitrogens is 2. The van der Waals surface area contributed by atoms with Crippen molar-refractivity contribution in [2.24, 2.45) is 0 Å². The number of phenolic OH excluding ortho intramolecular Hbond substituents is 2. The molecular weight excluding hydrogens is 980 g/mol. The first-order chi connectivity index (χ1) is 30.0. The standard InChI is InChI=1S/C59H64N2O3.Pt/c1-33(2)42-28-40(59(12,13)14)29-43(34(3)4)56(42)44-30-46(52(62)22-35(44)5)48-19-17-20-49(60-48)51-26-37(36-23-38(57(6,7)8)27-39(24-36)58(9,10)11)25-50(61-51)47-32-55-45(31-53(47)63)41-18-15-16-21-54(41)64-55;/h15-34,62-63H,1-14H3;. The number of phenols is 2. The van der Waals surface area contributed by atoms with Crippen molar-refractivity contribution in [1.82, 2.24) is 9.97 Å². The Bertz CT molecular complexity index is 3030. The number of hydrogen-bond donors (Lipinski definition) is 2. The Morgan fingerprint density at radius 3 is 1.57 bits per heavy atom. The number of aromatic hydroxyl groups is 2. The maximum atomic E-state index is 11.8. The number of hydrogen-bond acceptors (Lipinski definition) is 5. The number of rotatable bonds is 7. The molecule has 65 heavy (non-hydrogen) atoms. The number of nitrogens with zero attached hydrogens (tertiary/aromatic N) is 2. The van der Waals surface area contributed by atoms with Crippen LogP contribution in [0.5, 0.6) is 11.5 Å². The molecule has 8 rings (SSSR count). The van der Waals surface area contributed by atoms with Crippen molar-refractivity contribution in [2.45, 2.75) is 125 Å². The fraction of sp³-hybridized carbons (Fsp3) is 0.322. The van der Waals surface area contributed by atoms with Gasteiger partial charge in [0.2, 0.25) is 0 Å². The van der Waals surface area contributed by atoms with Crippen LogP contribution in [0.25, 0.3) is 78.1 Å². The van der Waals surface area contributed by atoms with Crippen LogP contribution in [0.15, 0.2) is 114 Å². The van der Waals surface area contributed by atoms with Crippen LogP contribution in [-0.4, -0.2) is 20.2 Å². The second kappa shape index (κ2) is 17.4. The first kappa shape index (κ1) is 47.5. The topological polar surface area (TPSA) is 79.4 Å². The van der Waals surface area contributed by atoms with Gasteiger partial charge in [0.25, 0.3) is 0 Å². The zero-order valence-electron chi connectivity index (χ0n) is 40.6. The van der Waals surface area contributed by atoms with Gasteiger partial charge in [-0.25, -0.2) is 9.97 Å². The van der Waals surface area contributed by atoms with Crippen molar-refractivity contribution in [3.63, 3.8) is 0 Å². The largest absolute Gasteiger partial charge is 0.507 e. The number of benzene rings is 5. The summed E-state index contributed by atoms with van der Waals surface area (Å²) < 4.78 is 6.32. The fourth-order valence-corrected chi connectivity index (χ4v) is 8.83. The summed E-state index contributed by atoms with van der Waals surface area (Å²) in [7, 11) is 0. The molecule has 0 amide bonds. The van der Waals surface area contributed by atoms with E-state index in [2.05, 4.69) is 145 Å². The number of aryl methyl sites for hydroxylation is 1. The molecule has 6 heteroatoms. The van der Waals surface area contributed by atoms with Gasteiger partial charge in [0.1, 0.15) is 22.7 Å². The van der Waals surface area contributed by atoms with Crippen LogP contribution < -0.4 is 0 Å². The second-order valence-electron chi connectivity index (χ2n) is 21.6. The van der Waals surface area contributed by atoms with Crippen LogP contribution in [0.4, 0.5) is 0 Å². The van der Waals surface area contributed by atoms with E-state index in [0.717, 1.165) is 38.6 Å².